The van der Waals surface area contributed by atoms with Gasteiger partial charge >= 0.3 is 24.1 Å². The van der Waals surface area contributed by atoms with Crippen molar-refractivity contribution in [2.24, 2.45) is 0 Å². The number of carbonyl (C=O) groups excluding carboxylic acids is 4. The van der Waals surface area contributed by atoms with E-state index in [9.17, 15) is 67.5 Å². The molecule has 2 aliphatic heterocycles. The molecular formula is C103H72ClF15N22O8. The SMILES string of the molecule is Cc1ccc(-c2cnc3ccc(Oc4c(F)c(F)cc(NC(=O)Nc5cccc(F)c5)c4F)cc3n2)cn1.O=C(Nc1cccc(Cl)c1)Nc1cc(F)c(F)c(Oc2ccc3ncc(N4CCNCC4)nc3c2)c1F.O=C(Nc1cccc(F)c1)Nc1cc(F)c(F)c(Oc2ccc3ncc(-c4cccnc4)nc3c2)c1F.O=C(Nc1cccc(F)c1)Nc1cc(F)c(F)c(Oc2ccc3ncc(N4CCNCC4)nc3c2)c1F. The number of amides is 8. The third-order valence-electron chi connectivity index (χ3n) is 21.7. The summed E-state index contributed by atoms with van der Waals surface area (Å²) < 4.78 is 237. The Hall–Kier alpha value is -18.7. The number of aryl methyl sites for hydroxylation is 1. The Bertz CT molecular complexity index is 7930. The molecule has 2 aliphatic rings. The van der Waals surface area contributed by atoms with Crippen LogP contribution in [0.1, 0.15) is 5.69 Å². The van der Waals surface area contributed by atoms with Gasteiger partial charge in [0.05, 0.1) is 103 Å². The maximum atomic E-state index is 15.1. The Morgan fingerprint density at radius 3 is 0.926 bits per heavy atom. The van der Waals surface area contributed by atoms with Crippen LogP contribution in [0.4, 0.5) is 142 Å². The van der Waals surface area contributed by atoms with Gasteiger partial charge in [0.2, 0.25) is 46.3 Å². The first-order valence-electron chi connectivity index (χ1n) is 44.5. The van der Waals surface area contributed by atoms with Crippen molar-refractivity contribution in [2.45, 2.75) is 6.92 Å². The zero-order valence-electron chi connectivity index (χ0n) is 76.7. The molecule has 0 unspecified atom stereocenters. The van der Waals surface area contributed by atoms with E-state index in [2.05, 4.69) is 113 Å². The Morgan fingerprint density at radius 1 is 0.302 bits per heavy atom. The quantitative estimate of drug-likeness (QED) is 0.0250. The van der Waals surface area contributed by atoms with Gasteiger partial charge in [0.1, 0.15) is 52.1 Å². The molecule has 20 rings (SSSR count). The topological polar surface area (TPSA) is 361 Å². The molecule has 0 saturated carbocycles. The number of piperazine rings is 2. The van der Waals surface area contributed by atoms with Crippen molar-refractivity contribution in [1.29, 1.82) is 0 Å². The molecular weight excluding hydrogens is 1990 g/mol. The molecule has 6 aromatic heterocycles. The van der Waals surface area contributed by atoms with E-state index in [1.54, 1.807) is 85.8 Å². The van der Waals surface area contributed by atoms with Gasteiger partial charge in [-0.2, -0.15) is 17.6 Å². The minimum Gasteiger partial charge on any atom is -0.451 e. The van der Waals surface area contributed by atoms with Crippen LogP contribution < -0.4 is 81.9 Å². The monoisotopic (exact) mass is 2060 g/mol. The fourth-order valence-electron chi connectivity index (χ4n) is 14.6. The highest BCUT2D eigenvalue weighted by Gasteiger charge is 2.30. The number of nitrogens with one attached hydrogen (secondary N) is 10. The number of nitrogens with zero attached hydrogens (tertiary/aromatic N) is 12. The van der Waals surface area contributed by atoms with Gasteiger partial charge in [0.25, 0.3) is 0 Å². The number of fused-ring (bicyclic) bond motifs is 4. The zero-order valence-corrected chi connectivity index (χ0v) is 77.4. The number of pyridine rings is 2. The Morgan fingerprint density at radius 2 is 0.617 bits per heavy atom. The van der Waals surface area contributed by atoms with Crippen LogP contribution in [0.5, 0.6) is 46.0 Å². The smallest absolute Gasteiger partial charge is 0.323 e. The van der Waals surface area contributed by atoms with E-state index in [4.69, 9.17) is 30.5 Å². The molecule has 0 spiro atoms. The highest BCUT2D eigenvalue weighted by Crippen LogP contribution is 2.42. The van der Waals surface area contributed by atoms with Crippen molar-refractivity contribution in [3.63, 3.8) is 0 Å². The summed E-state index contributed by atoms with van der Waals surface area (Å²) in [4.78, 5) is 96.9. The largest absolute Gasteiger partial charge is 0.451 e. The lowest BCUT2D eigenvalue weighted by molar-refractivity contribution is 0.261. The molecule has 0 bridgehead atoms. The number of aromatic nitrogens is 10. The van der Waals surface area contributed by atoms with E-state index in [1.807, 2.05) is 19.1 Å². The van der Waals surface area contributed by atoms with Crippen LogP contribution >= 0.6 is 11.6 Å². The maximum absolute atomic E-state index is 15.1. The van der Waals surface area contributed by atoms with E-state index in [-0.39, 0.29) is 40.1 Å². The van der Waals surface area contributed by atoms with Crippen molar-refractivity contribution < 1.29 is 104 Å². The van der Waals surface area contributed by atoms with Gasteiger partial charge in [0, 0.05) is 164 Å². The summed E-state index contributed by atoms with van der Waals surface area (Å²) in [6.45, 7) is 8.10. The van der Waals surface area contributed by atoms with Crippen LogP contribution in [0.2, 0.25) is 5.02 Å². The number of urea groups is 4. The highest BCUT2D eigenvalue weighted by molar-refractivity contribution is 6.31. The Kier molecular flexibility index (Phi) is 31.4. The molecule has 46 heteroatoms. The van der Waals surface area contributed by atoms with Crippen molar-refractivity contribution in [3.05, 3.63) is 360 Å². The van der Waals surface area contributed by atoms with Gasteiger partial charge < -0.3 is 81.9 Å². The molecule has 18 aromatic rings. The lowest BCUT2D eigenvalue weighted by atomic mass is 10.2. The maximum Gasteiger partial charge on any atom is 0.323 e. The molecule has 8 heterocycles. The van der Waals surface area contributed by atoms with Crippen LogP contribution in [0.3, 0.4) is 0 Å². The van der Waals surface area contributed by atoms with E-state index >= 15 is 17.6 Å². The van der Waals surface area contributed by atoms with Crippen LogP contribution in [-0.4, -0.2) is 126 Å². The predicted octanol–water partition coefficient (Wildman–Crippen LogP) is 24.3. The van der Waals surface area contributed by atoms with Gasteiger partial charge in [-0.1, -0.05) is 35.9 Å². The molecule has 149 heavy (non-hydrogen) atoms. The summed E-state index contributed by atoms with van der Waals surface area (Å²) >= 11 is 5.88. The molecule has 30 nitrogen and oxygen atoms in total. The fourth-order valence-corrected chi connectivity index (χ4v) is 14.8. The third kappa shape index (κ3) is 25.4. The fraction of sp³-hybridized carbons (Fsp3) is 0.0874. The van der Waals surface area contributed by atoms with E-state index in [0.717, 1.165) is 76.3 Å². The minimum absolute atomic E-state index is 0.0111. The highest BCUT2D eigenvalue weighted by atomic mass is 35.5. The van der Waals surface area contributed by atoms with Crippen molar-refractivity contribution in [2.75, 3.05) is 105 Å². The number of rotatable bonds is 20. The minimum atomic E-state index is -1.59. The number of benzene rings is 12. The van der Waals surface area contributed by atoms with Crippen LogP contribution in [-0.2, 0) is 0 Å². The van der Waals surface area contributed by atoms with Crippen molar-refractivity contribution in [1.82, 2.24) is 60.5 Å². The summed E-state index contributed by atoms with van der Waals surface area (Å²) in [6, 6.07) is 43.7. The molecule has 0 aliphatic carbocycles. The molecule has 10 N–H and O–H groups in total. The second-order valence-corrected chi connectivity index (χ2v) is 32.6. The van der Waals surface area contributed by atoms with Crippen LogP contribution in [0.15, 0.2) is 262 Å². The van der Waals surface area contributed by atoms with Crippen LogP contribution in [0.25, 0.3) is 66.6 Å². The zero-order chi connectivity index (χ0) is 105. The molecule has 12 aromatic carbocycles. The Balaban J connectivity index is 0.000000135. The Labute approximate surface area is 837 Å². The van der Waals surface area contributed by atoms with Gasteiger partial charge in [-0.25, -0.2) is 87.4 Å². The average molecular weight is 2070 g/mol. The second kappa shape index (κ2) is 45.9. The number of halogens is 16. The van der Waals surface area contributed by atoms with E-state index in [1.165, 1.54) is 121 Å². The lowest BCUT2D eigenvalue weighted by Crippen LogP contribution is -2.43. The second-order valence-electron chi connectivity index (χ2n) is 32.2. The first-order chi connectivity index (χ1) is 71.9. The summed E-state index contributed by atoms with van der Waals surface area (Å²) in [6.07, 6.45) is 11.3. The van der Waals surface area contributed by atoms with Gasteiger partial charge in [-0.15, -0.1) is 0 Å². The van der Waals surface area contributed by atoms with Crippen molar-refractivity contribution in [3.8, 4) is 68.5 Å². The normalized spacial score (nSPS) is 12.1. The first-order valence-corrected chi connectivity index (χ1v) is 44.8. The lowest BCUT2D eigenvalue weighted by Gasteiger charge is -2.28. The molecule has 754 valence electrons. The van der Waals surface area contributed by atoms with E-state index in [0.29, 0.717) is 113 Å². The first kappa shape index (κ1) is 102. The third-order valence-corrected chi connectivity index (χ3v) is 22.0. The molecule has 8 amide bonds. The van der Waals surface area contributed by atoms with Gasteiger partial charge in [-0.05, 0) is 153 Å². The summed E-state index contributed by atoms with van der Waals surface area (Å²) in [5.41, 5.74) is 4.74. The van der Waals surface area contributed by atoms with Crippen molar-refractivity contribution >= 4 is 137 Å². The molecule has 0 atom stereocenters. The number of carbonyl (C=O) groups is 4. The average Bonchev–Trinajstić information content (AvgIpc) is 0.795. The molecule has 2 fully saturated rings. The molecule has 0 radical (unpaired) electrons. The number of hydrogen-bond acceptors (Lipinski definition) is 22. The predicted molar refractivity (Wildman–Crippen MR) is 526 cm³/mol. The van der Waals surface area contributed by atoms with Crippen LogP contribution in [0, 0.1) is 94.2 Å². The number of anilines is 10. The number of hydrogen-bond donors (Lipinski definition) is 10. The summed E-state index contributed by atoms with van der Waals surface area (Å²) in [7, 11) is 0. The van der Waals surface area contributed by atoms with Gasteiger partial charge in [0.15, 0.2) is 46.5 Å². The standard InChI is InChI=1S/C27H17F4N5O2.C26H15F4N5O2.C25H20ClF3N6O2.C25H20F4N6O2/c1-14-5-6-15(12-32-14)23-13-33-20-8-7-18(10-21(20)35-23)38-26-24(30)19(29)11-22(25(26)31)36-27(37)34-17-4-2-3-16(28)9-17;27-15-4-1-5-16(9-15)33-26(36)35-21-11-18(28)23(29)25(24(21)30)37-17-6-7-19-20(10-17)34-22(13-32-19)14-3-2-8-31-12-14;2*26-14-2-1-3-15(10-14)32-25(36)34-20-12-17(27)22(28)24(23(20)29)37-16-4-5-18-19(11-16)33-21(13-31-18)35-8-6-30-7-9-35/h2-13H,1H3,(H2,34,36,37);1-13H,(H2,33,35,36);2*1-5,10-13,30H,6-9H2,(H2,32,34,36). The molecule has 2 saturated heterocycles. The van der Waals surface area contributed by atoms with E-state index < -0.39 is 157 Å². The number of ether oxygens (including phenoxy) is 4. The summed E-state index contributed by atoms with van der Waals surface area (Å²) in [5, 5.41) is 24.5. The van der Waals surface area contributed by atoms with Gasteiger partial charge in [-0.3, -0.25) is 29.9 Å². The summed E-state index contributed by atoms with van der Waals surface area (Å²) in [5.74, 6) is -22.3.